The Morgan fingerprint density at radius 2 is 2.04 bits per heavy atom. The third-order valence-corrected chi connectivity index (χ3v) is 4.28. The van der Waals surface area contributed by atoms with E-state index in [0.717, 1.165) is 0 Å². The molecule has 8 heteroatoms. The molecule has 3 N–H and O–H groups in total. The van der Waals surface area contributed by atoms with E-state index in [4.69, 9.17) is 9.47 Å². The molecule has 0 unspecified atom stereocenters. The smallest absolute Gasteiger partial charge is 0.407 e. The molecular weight excluding hydrogens is 362 g/mol. The van der Waals surface area contributed by atoms with Gasteiger partial charge in [-0.25, -0.2) is 4.79 Å². The molecule has 0 saturated carbocycles. The minimum absolute atomic E-state index is 0.0901. The zero-order valence-electron chi connectivity index (χ0n) is 17.2. The molecule has 1 aliphatic heterocycles. The van der Waals surface area contributed by atoms with Gasteiger partial charge in [-0.15, -0.1) is 0 Å². The standard InChI is InChI=1S/C20H31N3O5/c1-13(2)10-15(23-18(26)28-19(3,4)5)16(24)20(12-27-20)17(25)22-11-14-8-6-7-9-21-14/h6-9,13,15-16,24H,10-12H2,1-5H3,(H,22,25)(H,23,26)/t15-,16+,20-/m0/s1. The fraction of sp³-hybridized carbons (Fsp3) is 0.650. The van der Waals surface area contributed by atoms with Crippen molar-refractivity contribution in [1.29, 1.82) is 0 Å². The summed E-state index contributed by atoms with van der Waals surface area (Å²) in [4.78, 5) is 29.0. The van der Waals surface area contributed by atoms with Crippen molar-refractivity contribution in [2.75, 3.05) is 6.61 Å². The molecule has 1 aliphatic rings. The number of aliphatic hydroxyl groups excluding tert-OH is 1. The second kappa shape index (κ2) is 8.87. The highest BCUT2D eigenvalue weighted by molar-refractivity contribution is 5.88. The van der Waals surface area contributed by atoms with E-state index >= 15 is 0 Å². The van der Waals surface area contributed by atoms with Crippen LogP contribution >= 0.6 is 0 Å². The lowest BCUT2D eigenvalue weighted by molar-refractivity contribution is -0.131. The Morgan fingerprint density at radius 1 is 1.36 bits per heavy atom. The molecule has 1 saturated heterocycles. The highest BCUT2D eigenvalue weighted by atomic mass is 16.6. The Kier molecular flexibility index (Phi) is 7.01. The quantitative estimate of drug-likeness (QED) is 0.580. The van der Waals surface area contributed by atoms with Gasteiger partial charge in [-0.2, -0.15) is 0 Å². The SMILES string of the molecule is CC(C)C[C@H](NC(=O)OC(C)(C)C)[C@@H](O)[C@]1(C(=O)NCc2ccccn2)CO1. The molecule has 0 bridgehead atoms. The van der Waals surface area contributed by atoms with E-state index in [1.54, 1.807) is 39.1 Å². The minimum Gasteiger partial charge on any atom is -0.444 e. The first kappa shape index (κ1) is 22.1. The van der Waals surface area contributed by atoms with Gasteiger partial charge < -0.3 is 25.2 Å². The average molecular weight is 393 g/mol. The van der Waals surface area contributed by atoms with Gasteiger partial charge >= 0.3 is 6.09 Å². The highest BCUT2D eigenvalue weighted by Gasteiger charge is 2.60. The predicted molar refractivity (Wildman–Crippen MR) is 103 cm³/mol. The van der Waals surface area contributed by atoms with Gasteiger partial charge in [-0.3, -0.25) is 9.78 Å². The van der Waals surface area contributed by atoms with Crippen LogP contribution in [0.5, 0.6) is 0 Å². The van der Waals surface area contributed by atoms with Crippen LogP contribution in [0.4, 0.5) is 4.79 Å². The van der Waals surface area contributed by atoms with Crippen molar-refractivity contribution in [3.05, 3.63) is 30.1 Å². The number of hydrogen-bond donors (Lipinski definition) is 3. The summed E-state index contributed by atoms with van der Waals surface area (Å²) >= 11 is 0. The third-order valence-electron chi connectivity index (χ3n) is 4.28. The van der Waals surface area contributed by atoms with Crippen LogP contribution in [-0.2, 0) is 20.8 Å². The number of aliphatic hydroxyl groups is 1. The number of nitrogens with zero attached hydrogens (tertiary/aromatic N) is 1. The summed E-state index contributed by atoms with van der Waals surface area (Å²) in [6, 6.07) is 4.73. The fourth-order valence-electron chi connectivity index (χ4n) is 2.90. The number of carbonyl (C=O) groups is 2. The molecule has 1 aromatic rings. The second-order valence-electron chi connectivity index (χ2n) is 8.51. The number of amides is 2. The monoisotopic (exact) mass is 393 g/mol. The molecule has 1 fully saturated rings. The number of aromatic nitrogens is 1. The number of rotatable bonds is 8. The van der Waals surface area contributed by atoms with Crippen LogP contribution in [0.1, 0.15) is 46.7 Å². The van der Waals surface area contributed by atoms with Crippen molar-refractivity contribution in [3.63, 3.8) is 0 Å². The van der Waals surface area contributed by atoms with Gasteiger partial charge in [0.1, 0.15) is 11.7 Å². The van der Waals surface area contributed by atoms with Crippen molar-refractivity contribution in [3.8, 4) is 0 Å². The number of alkyl carbamates (subject to hydrolysis) is 1. The lowest BCUT2D eigenvalue weighted by atomic mass is 9.90. The van der Waals surface area contributed by atoms with Gasteiger partial charge in [0.2, 0.25) is 0 Å². The summed E-state index contributed by atoms with van der Waals surface area (Å²) in [7, 11) is 0. The fourth-order valence-corrected chi connectivity index (χ4v) is 2.90. The van der Waals surface area contributed by atoms with Crippen molar-refractivity contribution in [2.24, 2.45) is 5.92 Å². The highest BCUT2D eigenvalue weighted by Crippen LogP contribution is 2.34. The summed E-state index contributed by atoms with van der Waals surface area (Å²) in [6.45, 7) is 9.54. The van der Waals surface area contributed by atoms with Gasteiger partial charge in [0.15, 0.2) is 5.60 Å². The molecular formula is C20H31N3O5. The van der Waals surface area contributed by atoms with E-state index in [0.29, 0.717) is 12.1 Å². The summed E-state index contributed by atoms with van der Waals surface area (Å²) in [6.07, 6.45) is 0.274. The number of hydrogen-bond acceptors (Lipinski definition) is 6. The first-order valence-electron chi connectivity index (χ1n) is 9.53. The van der Waals surface area contributed by atoms with Crippen molar-refractivity contribution in [1.82, 2.24) is 15.6 Å². The van der Waals surface area contributed by atoms with Gasteiger partial charge in [0.25, 0.3) is 5.91 Å². The third kappa shape index (κ3) is 6.17. The number of epoxide rings is 1. The molecule has 1 aromatic heterocycles. The molecule has 0 spiro atoms. The first-order chi connectivity index (χ1) is 13.0. The van der Waals surface area contributed by atoms with Crippen molar-refractivity contribution >= 4 is 12.0 Å². The Morgan fingerprint density at radius 3 is 2.54 bits per heavy atom. The molecule has 0 radical (unpaired) electrons. The molecule has 156 valence electrons. The van der Waals surface area contributed by atoms with Crippen LogP contribution in [-0.4, -0.2) is 52.0 Å². The molecule has 2 heterocycles. The lowest BCUT2D eigenvalue weighted by Crippen LogP contribution is -2.56. The van der Waals surface area contributed by atoms with E-state index in [1.165, 1.54) is 0 Å². The van der Waals surface area contributed by atoms with E-state index in [2.05, 4.69) is 15.6 Å². The van der Waals surface area contributed by atoms with E-state index in [1.807, 2.05) is 19.9 Å². The maximum Gasteiger partial charge on any atom is 0.407 e. The average Bonchev–Trinajstić information content (AvgIpc) is 3.39. The second-order valence-corrected chi connectivity index (χ2v) is 8.51. The molecule has 8 nitrogen and oxygen atoms in total. The largest absolute Gasteiger partial charge is 0.444 e. The zero-order valence-corrected chi connectivity index (χ0v) is 17.2. The number of ether oxygens (including phenoxy) is 2. The number of carbonyl (C=O) groups excluding carboxylic acids is 2. The van der Waals surface area contributed by atoms with Gasteiger partial charge in [0.05, 0.1) is 24.9 Å². The summed E-state index contributed by atoms with van der Waals surface area (Å²) < 4.78 is 10.7. The Hall–Kier alpha value is -2.19. The lowest BCUT2D eigenvalue weighted by Gasteiger charge is -2.30. The van der Waals surface area contributed by atoms with Gasteiger partial charge in [-0.05, 0) is 45.2 Å². The van der Waals surface area contributed by atoms with E-state index in [9.17, 15) is 14.7 Å². The van der Waals surface area contributed by atoms with Gasteiger partial charge in [0, 0.05) is 6.20 Å². The maximum atomic E-state index is 12.7. The van der Waals surface area contributed by atoms with Crippen LogP contribution in [0.15, 0.2) is 24.4 Å². The molecule has 0 aliphatic carbocycles. The molecule has 3 atom stereocenters. The van der Waals surface area contributed by atoms with Crippen LogP contribution in [0.25, 0.3) is 0 Å². The summed E-state index contributed by atoms with van der Waals surface area (Å²) in [5.74, 6) is -0.243. The molecule has 2 amide bonds. The first-order valence-corrected chi connectivity index (χ1v) is 9.53. The Labute approximate surface area is 166 Å². The van der Waals surface area contributed by atoms with Crippen molar-refractivity contribution < 1.29 is 24.2 Å². The predicted octanol–water partition coefficient (Wildman–Crippen LogP) is 1.77. The maximum absolute atomic E-state index is 12.7. The molecule has 0 aromatic carbocycles. The van der Waals surface area contributed by atoms with E-state index < -0.39 is 35.3 Å². The van der Waals surface area contributed by atoms with Gasteiger partial charge in [-0.1, -0.05) is 19.9 Å². The van der Waals surface area contributed by atoms with Crippen LogP contribution < -0.4 is 10.6 Å². The van der Waals surface area contributed by atoms with Crippen LogP contribution in [0.3, 0.4) is 0 Å². The Balaban J connectivity index is 2.03. The molecule has 2 rings (SSSR count). The van der Waals surface area contributed by atoms with Crippen LogP contribution in [0, 0.1) is 5.92 Å². The normalized spacial score (nSPS) is 21.0. The topological polar surface area (TPSA) is 113 Å². The van der Waals surface area contributed by atoms with E-state index in [-0.39, 0.29) is 19.1 Å². The number of pyridine rings is 1. The van der Waals surface area contributed by atoms with Crippen molar-refractivity contribution in [2.45, 2.75) is 70.9 Å². The number of nitrogens with one attached hydrogen (secondary N) is 2. The Bertz CT molecular complexity index is 668. The zero-order chi connectivity index (χ0) is 20.9. The van der Waals surface area contributed by atoms with Crippen LogP contribution in [0.2, 0.25) is 0 Å². The minimum atomic E-state index is -1.37. The summed E-state index contributed by atoms with van der Waals surface area (Å²) in [5.41, 5.74) is -1.33. The molecule has 28 heavy (non-hydrogen) atoms. The summed E-state index contributed by atoms with van der Waals surface area (Å²) in [5, 5.41) is 16.3.